The maximum atomic E-state index is 12.8. The highest BCUT2D eigenvalue weighted by atomic mass is 16.2. The summed E-state index contributed by atoms with van der Waals surface area (Å²) in [5.41, 5.74) is 2.09. The first-order valence-corrected chi connectivity index (χ1v) is 8.79. The van der Waals surface area contributed by atoms with Crippen molar-refractivity contribution in [3.05, 3.63) is 33.3 Å². The lowest BCUT2D eigenvalue weighted by Crippen LogP contribution is -2.43. The number of nitrogens with zero attached hydrogens (tertiary/aromatic N) is 4. The number of rotatable bonds is 4. The van der Waals surface area contributed by atoms with Crippen molar-refractivity contribution in [1.29, 1.82) is 0 Å². The van der Waals surface area contributed by atoms with Crippen LogP contribution in [0.2, 0.25) is 0 Å². The summed E-state index contributed by atoms with van der Waals surface area (Å²) in [7, 11) is 3.57. The quantitative estimate of drug-likeness (QED) is 0.862. The van der Waals surface area contributed by atoms with Crippen LogP contribution in [-0.4, -0.2) is 36.5 Å². The number of hydrogen-bond donors (Lipinski definition) is 2. The minimum atomic E-state index is -0.201. The van der Waals surface area contributed by atoms with Crippen LogP contribution >= 0.6 is 0 Å². The number of carbonyl (C=O) groups excluding carboxylic acids is 1. The molecule has 2 aromatic rings. The molecule has 136 valence electrons. The first-order chi connectivity index (χ1) is 11.9. The van der Waals surface area contributed by atoms with Crippen molar-refractivity contribution in [3.8, 4) is 0 Å². The van der Waals surface area contributed by atoms with Crippen LogP contribution in [-0.2, 0) is 20.5 Å². The highest BCUT2D eigenvalue weighted by molar-refractivity contribution is 5.96. The molecule has 2 heterocycles. The van der Waals surface area contributed by atoms with Crippen LogP contribution in [0.1, 0.15) is 53.3 Å². The standard InChI is InChI=1S/C17H26N6O2/c1-10-15(11(2)23(4)21-10)16(24)18-13-8-6-5-7-12(13)9-14-19-20-17(25)22(14)3/h12-13H,5-9H2,1-4H3,(H,18,24)(H,20,25)/t12-,13-/m1/s1. The molecule has 1 aliphatic rings. The minimum absolute atomic E-state index is 0.0593. The van der Waals surface area contributed by atoms with E-state index in [1.54, 1.807) is 16.3 Å². The molecule has 1 saturated carbocycles. The summed E-state index contributed by atoms with van der Waals surface area (Å²) >= 11 is 0. The molecule has 1 amide bonds. The molecular formula is C17H26N6O2. The van der Waals surface area contributed by atoms with Gasteiger partial charge in [-0.1, -0.05) is 12.8 Å². The zero-order valence-electron chi connectivity index (χ0n) is 15.3. The van der Waals surface area contributed by atoms with E-state index in [4.69, 9.17) is 0 Å². The van der Waals surface area contributed by atoms with Gasteiger partial charge < -0.3 is 5.32 Å². The zero-order chi connectivity index (χ0) is 18.1. The molecular weight excluding hydrogens is 320 g/mol. The molecule has 0 bridgehead atoms. The molecule has 0 aliphatic heterocycles. The monoisotopic (exact) mass is 346 g/mol. The van der Waals surface area contributed by atoms with Crippen molar-refractivity contribution in [2.45, 2.75) is 52.0 Å². The van der Waals surface area contributed by atoms with Gasteiger partial charge in [0.1, 0.15) is 5.82 Å². The molecule has 1 aliphatic carbocycles. The van der Waals surface area contributed by atoms with E-state index in [0.29, 0.717) is 12.0 Å². The van der Waals surface area contributed by atoms with Crippen LogP contribution in [0.3, 0.4) is 0 Å². The van der Waals surface area contributed by atoms with Gasteiger partial charge in [-0.15, -0.1) is 0 Å². The Bertz CT molecular complexity index is 831. The van der Waals surface area contributed by atoms with Gasteiger partial charge in [0.05, 0.1) is 11.3 Å². The van der Waals surface area contributed by atoms with Crippen LogP contribution < -0.4 is 11.0 Å². The lowest BCUT2D eigenvalue weighted by Gasteiger charge is -2.32. The van der Waals surface area contributed by atoms with Gasteiger partial charge in [-0.25, -0.2) is 9.89 Å². The van der Waals surface area contributed by atoms with Gasteiger partial charge >= 0.3 is 5.69 Å². The number of aryl methyl sites for hydroxylation is 2. The lowest BCUT2D eigenvalue weighted by molar-refractivity contribution is 0.0903. The highest BCUT2D eigenvalue weighted by Gasteiger charge is 2.29. The maximum Gasteiger partial charge on any atom is 0.343 e. The van der Waals surface area contributed by atoms with E-state index in [9.17, 15) is 9.59 Å². The maximum absolute atomic E-state index is 12.8. The van der Waals surface area contributed by atoms with Crippen molar-refractivity contribution in [2.24, 2.45) is 20.0 Å². The second-order valence-corrected chi connectivity index (χ2v) is 7.00. The molecule has 2 atom stereocenters. The minimum Gasteiger partial charge on any atom is -0.349 e. The molecule has 3 rings (SSSR count). The molecule has 0 unspecified atom stereocenters. The lowest BCUT2D eigenvalue weighted by atomic mass is 9.82. The highest BCUT2D eigenvalue weighted by Crippen LogP contribution is 2.27. The molecule has 8 heteroatoms. The van der Waals surface area contributed by atoms with Crippen molar-refractivity contribution >= 4 is 5.91 Å². The van der Waals surface area contributed by atoms with Crippen LogP contribution in [0.15, 0.2) is 4.79 Å². The molecule has 8 nitrogen and oxygen atoms in total. The summed E-state index contributed by atoms with van der Waals surface area (Å²) in [4.78, 5) is 24.4. The Balaban J connectivity index is 1.76. The topological polar surface area (TPSA) is 97.6 Å². The smallest absolute Gasteiger partial charge is 0.343 e. The fourth-order valence-electron chi connectivity index (χ4n) is 3.78. The van der Waals surface area contributed by atoms with Gasteiger partial charge in [0, 0.05) is 32.3 Å². The summed E-state index contributed by atoms with van der Waals surface area (Å²) < 4.78 is 3.28. The molecule has 0 spiro atoms. The fourth-order valence-corrected chi connectivity index (χ4v) is 3.78. The van der Waals surface area contributed by atoms with Crippen LogP contribution in [0.5, 0.6) is 0 Å². The van der Waals surface area contributed by atoms with E-state index >= 15 is 0 Å². The third kappa shape index (κ3) is 3.38. The fraction of sp³-hybridized carbons (Fsp3) is 0.647. The SMILES string of the molecule is Cc1nn(C)c(C)c1C(=O)N[C@@H]1CCCC[C@@H]1Cc1n[nH]c(=O)n1C. The van der Waals surface area contributed by atoms with Crippen LogP contribution in [0.4, 0.5) is 0 Å². The van der Waals surface area contributed by atoms with Gasteiger partial charge in [0.15, 0.2) is 0 Å². The third-order valence-electron chi connectivity index (χ3n) is 5.38. The molecule has 25 heavy (non-hydrogen) atoms. The Kier molecular flexibility index (Phi) is 4.78. The summed E-state index contributed by atoms with van der Waals surface area (Å²) in [5, 5.41) is 14.1. The van der Waals surface area contributed by atoms with E-state index < -0.39 is 0 Å². The molecule has 2 aromatic heterocycles. The molecule has 0 saturated heterocycles. The van der Waals surface area contributed by atoms with Gasteiger partial charge in [-0.05, 0) is 32.6 Å². The van der Waals surface area contributed by atoms with E-state index in [2.05, 4.69) is 20.6 Å². The predicted octanol–water partition coefficient (Wildman–Crippen LogP) is 0.990. The summed E-state index contributed by atoms with van der Waals surface area (Å²) in [6.07, 6.45) is 4.90. The van der Waals surface area contributed by atoms with Crippen LogP contribution in [0.25, 0.3) is 0 Å². The van der Waals surface area contributed by atoms with Crippen molar-refractivity contribution in [3.63, 3.8) is 0 Å². The van der Waals surface area contributed by atoms with E-state index in [-0.39, 0.29) is 23.6 Å². The summed E-state index contributed by atoms with van der Waals surface area (Å²) in [5.74, 6) is 0.963. The van der Waals surface area contributed by atoms with Gasteiger partial charge in [0.25, 0.3) is 5.91 Å². The van der Waals surface area contributed by atoms with Gasteiger partial charge in [0.2, 0.25) is 0 Å². The van der Waals surface area contributed by atoms with E-state index in [0.717, 1.165) is 42.9 Å². The normalized spacial score (nSPS) is 20.6. The van der Waals surface area contributed by atoms with E-state index in [1.807, 2.05) is 20.9 Å². The average molecular weight is 346 g/mol. The third-order valence-corrected chi connectivity index (χ3v) is 5.38. The summed E-state index contributed by atoms with van der Waals surface area (Å²) in [6.45, 7) is 3.77. The molecule has 1 fully saturated rings. The Morgan fingerprint density at radius 1 is 1.28 bits per heavy atom. The average Bonchev–Trinajstić information content (AvgIpc) is 3.01. The number of aromatic nitrogens is 5. The number of carbonyl (C=O) groups is 1. The molecule has 2 N–H and O–H groups in total. The second-order valence-electron chi connectivity index (χ2n) is 7.00. The predicted molar refractivity (Wildman–Crippen MR) is 93.4 cm³/mol. The Morgan fingerprint density at radius 2 is 2.00 bits per heavy atom. The molecule has 0 radical (unpaired) electrons. The van der Waals surface area contributed by atoms with Crippen molar-refractivity contribution < 1.29 is 4.79 Å². The number of nitrogens with one attached hydrogen (secondary N) is 2. The van der Waals surface area contributed by atoms with Crippen molar-refractivity contribution in [2.75, 3.05) is 0 Å². The number of H-pyrrole nitrogens is 1. The second kappa shape index (κ2) is 6.85. The number of amides is 1. The number of aromatic amines is 1. The first kappa shape index (κ1) is 17.4. The molecule has 0 aromatic carbocycles. The van der Waals surface area contributed by atoms with Gasteiger partial charge in [-0.3, -0.25) is 14.0 Å². The zero-order valence-corrected chi connectivity index (χ0v) is 15.3. The van der Waals surface area contributed by atoms with Gasteiger partial charge in [-0.2, -0.15) is 10.2 Å². The Hall–Kier alpha value is -2.38. The first-order valence-electron chi connectivity index (χ1n) is 8.79. The largest absolute Gasteiger partial charge is 0.349 e. The Labute approximate surface area is 146 Å². The Morgan fingerprint density at radius 3 is 2.60 bits per heavy atom. The summed E-state index contributed by atoms with van der Waals surface area (Å²) in [6, 6.07) is 0.0899. The number of hydrogen-bond acceptors (Lipinski definition) is 4. The van der Waals surface area contributed by atoms with Crippen LogP contribution in [0, 0.1) is 19.8 Å². The van der Waals surface area contributed by atoms with Crippen molar-refractivity contribution in [1.82, 2.24) is 29.9 Å². The van der Waals surface area contributed by atoms with E-state index in [1.165, 1.54) is 0 Å².